The first-order chi connectivity index (χ1) is 14.0. The van der Waals surface area contributed by atoms with Gasteiger partial charge < -0.3 is 0 Å². The Balaban J connectivity index is 1.74. The van der Waals surface area contributed by atoms with Crippen molar-refractivity contribution in [2.45, 2.75) is 58.0 Å². The average molecular weight is 424 g/mol. The number of hydrogen-bond donors (Lipinski definition) is 0. The van der Waals surface area contributed by atoms with Crippen LogP contribution in [0.3, 0.4) is 0 Å². The van der Waals surface area contributed by atoms with E-state index in [1.54, 1.807) is 23.1 Å². The van der Waals surface area contributed by atoms with E-state index in [9.17, 15) is 0 Å². The van der Waals surface area contributed by atoms with Crippen molar-refractivity contribution >= 4 is 49.2 Å². The third-order valence-corrected chi connectivity index (χ3v) is 7.68. The Morgan fingerprint density at radius 2 is 2.03 bits per heavy atom. The molecule has 0 unspecified atom stereocenters. The van der Waals surface area contributed by atoms with Gasteiger partial charge in [-0.15, -0.1) is 21.5 Å². The molecular weight excluding hydrogens is 398 g/mol. The van der Waals surface area contributed by atoms with E-state index < -0.39 is 0 Å². The summed E-state index contributed by atoms with van der Waals surface area (Å²) in [6, 6.07) is 0. The molecule has 0 amide bonds. The third-order valence-electron chi connectivity index (χ3n) is 5.44. The zero-order chi connectivity index (χ0) is 20.1. The highest BCUT2D eigenvalue weighted by atomic mass is 32.2. The number of nitrogens with zero attached hydrogens (tertiary/aromatic N) is 5. The fourth-order valence-electron chi connectivity index (χ4n) is 4.22. The first-order valence-electron chi connectivity index (χ1n) is 10.3. The number of thioether (sulfide) groups is 1. The summed E-state index contributed by atoms with van der Waals surface area (Å²) < 4.78 is 3.10. The van der Waals surface area contributed by atoms with Gasteiger partial charge in [0.15, 0.2) is 10.8 Å². The summed E-state index contributed by atoms with van der Waals surface area (Å²) >= 11 is 3.37. The van der Waals surface area contributed by atoms with E-state index >= 15 is 0 Å². The van der Waals surface area contributed by atoms with E-state index in [0.29, 0.717) is 5.92 Å². The van der Waals surface area contributed by atoms with Crippen LogP contribution in [-0.4, -0.2) is 30.3 Å². The van der Waals surface area contributed by atoms with Crippen molar-refractivity contribution in [2.24, 2.45) is 5.92 Å². The SMILES string of the molecule is C=C(C)CSc1nnc2c3sc4nc(CC(C)C)c5c(c4c3ncn12)CCCC5. The van der Waals surface area contributed by atoms with E-state index in [1.807, 2.05) is 17.7 Å². The van der Waals surface area contributed by atoms with Gasteiger partial charge in [0.1, 0.15) is 15.9 Å². The van der Waals surface area contributed by atoms with Crippen LogP contribution in [0.5, 0.6) is 0 Å². The largest absolute Gasteiger partial charge is 0.259 e. The predicted octanol–water partition coefficient (Wildman–Crippen LogP) is 5.63. The molecule has 0 radical (unpaired) electrons. The van der Waals surface area contributed by atoms with Gasteiger partial charge in [-0.25, -0.2) is 9.97 Å². The monoisotopic (exact) mass is 423 g/mol. The van der Waals surface area contributed by atoms with Crippen LogP contribution < -0.4 is 0 Å². The maximum atomic E-state index is 5.14. The molecule has 5 nitrogen and oxygen atoms in total. The molecule has 7 heteroatoms. The van der Waals surface area contributed by atoms with Crippen LogP contribution in [0.4, 0.5) is 0 Å². The van der Waals surface area contributed by atoms with Crippen LogP contribution in [-0.2, 0) is 19.3 Å². The highest BCUT2D eigenvalue weighted by molar-refractivity contribution is 7.99. The van der Waals surface area contributed by atoms with Crippen molar-refractivity contribution in [2.75, 3.05) is 5.75 Å². The minimum atomic E-state index is 0.606. The number of rotatable bonds is 5. The molecule has 29 heavy (non-hydrogen) atoms. The van der Waals surface area contributed by atoms with Gasteiger partial charge >= 0.3 is 0 Å². The molecule has 4 aromatic rings. The van der Waals surface area contributed by atoms with Crippen LogP contribution in [0, 0.1) is 5.92 Å². The van der Waals surface area contributed by atoms with Crippen LogP contribution >= 0.6 is 23.1 Å². The maximum Gasteiger partial charge on any atom is 0.197 e. The molecule has 0 saturated heterocycles. The Kier molecular flexibility index (Phi) is 4.82. The van der Waals surface area contributed by atoms with Crippen molar-refractivity contribution in [3.05, 3.63) is 35.3 Å². The normalized spacial score (nSPS) is 14.3. The number of hydrogen-bond acceptors (Lipinski definition) is 6. The Hall–Kier alpha value is -1.99. The van der Waals surface area contributed by atoms with Gasteiger partial charge in [-0.3, -0.25) is 4.40 Å². The molecule has 0 saturated carbocycles. The summed E-state index contributed by atoms with van der Waals surface area (Å²) in [6.07, 6.45) is 7.71. The highest BCUT2D eigenvalue weighted by Crippen LogP contribution is 2.40. The molecule has 0 aliphatic heterocycles. The number of aromatic nitrogens is 5. The second-order valence-electron chi connectivity index (χ2n) is 8.45. The second-order valence-corrected chi connectivity index (χ2v) is 10.4. The van der Waals surface area contributed by atoms with Crippen molar-refractivity contribution in [3.8, 4) is 0 Å². The average Bonchev–Trinajstić information content (AvgIpc) is 3.26. The zero-order valence-corrected chi connectivity index (χ0v) is 18.8. The van der Waals surface area contributed by atoms with E-state index in [4.69, 9.17) is 9.97 Å². The number of thiophene rings is 1. The smallest absolute Gasteiger partial charge is 0.197 e. The molecule has 1 aliphatic carbocycles. The molecule has 0 fully saturated rings. The maximum absolute atomic E-state index is 5.14. The zero-order valence-electron chi connectivity index (χ0n) is 17.2. The molecule has 1 aliphatic rings. The summed E-state index contributed by atoms with van der Waals surface area (Å²) in [5, 5.41) is 11.0. The number of aryl methyl sites for hydroxylation is 1. The lowest BCUT2D eigenvalue weighted by molar-refractivity contribution is 0.615. The van der Waals surface area contributed by atoms with Crippen molar-refractivity contribution in [3.63, 3.8) is 0 Å². The van der Waals surface area contributed by atoms with Crippen LogP contribution in [0.25, 0.3) is 26.1 Å². The lowest BCUT2D eigenvalue weighted by Crippen LogP contribution is -2.11. The van der Waals surface area contributed by atoms with Crippen LogP contribution in [0.2, 0.25) is 0 Å². The molecule has 150 valence electrons. The molecule has 4 heterocycles. The van der Waals surface area contributed by atoms with Gasteiger partial charge in [-0.1, -0.05) is 37.8 Å². The van der Waals surface area contributed by atoms with E-state index in [0.717, 1.165) is 56.4 Å². The molecule has 5 rings (SSSR count). The highest BCUT2D eigenvalue weighted by Gasteiger charge is 2.24. The van der Waals surface area contributed by atoms with Crippen molar-refractivity contribution < 1.29 is 0 Å². The lowest BCUT2D eigenvalue weighted by Gasteiger charge is -2.20. The van der Waals surface area contributed by atoms with Crippen molar-refractivity contribution in [1.82, 2.24) is 24.6 Å². The van der Waals surface area contributed by atoms with Crippen molar-refractivity contribution in [1.29, 1.82) is 0 Å². The molecule has 0 bridgehead atoms. The third kappa shape index (κ3) is 3.24. The topological polar surface area (TPSA) is 56.0 Å². The Morgan fingerprint density at radius 3 is 2.79 bits per heavy atom. The minimum absolute atomic E-state index is 0.606. The lowest BCUT2D eigenvalue weighted by atomic mass is 9.87. The first kappa shape index (κ1) is 19.0. The van der Waals surface area contributed by atoms with Gasteiger partial charge in [0.2, 0.25) is 0 Å². The van der Waals surface area contributed by atoms with Gasteiger partial charge in [0.25, 0.3) is 0 Å². The standard InChI is InChI=1S/C22H25N5S2/c1-12(2)9-16-14-7-5-6-8-15(14)17-18-19(29-21(17)24-16)20-25-26-22(27(20)11-23-18)28-10-13(3)4/h11-12H,3,5-10H2,1-2,4H3. The summed E-state index contributed by atoms with van der Waals surface area (Å²) in [6.45, 7) is 10.6. The first-order valence-corrected chi connectivity index (χ1v) is 12.1. The van der Waals surface area contributed by atoms with E-state index in [-0.39, 0.29) is 0 Å². The fourth-order valence-corrected chi connectivity index (χ4v) is 6.12. The Labute approximate surface area is 178 Å². The summed E-state index contributed by atoms with van der Waals surface area (Å²) in [4.78, 5) is 11.1. The molecule has 0 spiro atoms. The molecule has 0 N–H and O–H groups in total. The molecule has 0 aromatic carbocycles. The van der Waals surface area contributed by atoms with Gasteiger partial charge in [0, 0.05) is 16.8 Å². The van der Waals surface area contributed by atoms with Crippen LogP contribution in [0.1, 0.15) is 50.4 Å². The van der Waals surface area contributed by atoms with Gasteiger partial charge in [0.05, 0.1) is 5.52 Å². The number of fused-ring (bicyclic) bond motifs is 7. The predicted molar refractivity (Wildman–Crippen MR) is 122 cm³/mol. The fraction of sp³-hybridized carbons (Fsp3) is 0.455. The molecule has 0 atom stereocenters. The number of pyridine rings is 1. The van der Waals surface area contributed by atoms with Crippen LogP contribution in [0.15, 0.2) is 23.6 Å². The molecular formula is C22H25N5S2. The summed E-state index contributed by atoms with van der Waals surface area (Å²) in [7, 11) is 0. The van der Waals surface area contributed by atoms with Gasteiger partial charge in [-0.2, -0.15) is 0 Å². The Morgan fingerprint density at radius 1 is 1.24 bits per heavy atom. The summed E-state index contributed by atoms with van der Waals surface area (Å²) in [5.41, 5.74) is 7.31. The minimum Gasteiger partial charge on any atom is -0.259 e. The van der Waals surface area contributed by atoms with E-state index in [2.05, 4.69) is 30.6 Å². The van der Waals surface area contributed by atoms with Gasteiger partial charge in [-0.05, 0) is 56.1 Å². The Bertz CT molecular complexity index is 1250. The second kappa shape index (κ2) is 7.36. The summed E-state index contributed by atoms with van der Waals surface area (Å²) in [5.74, 6) is 1.44. The quantitative estimate of drug-likeness (QED) is 0.307. The van der Waals surface area contributed by atoms with E-state index in [1.165, 1.54) is 35.0 Å². The molecule has 4 aromatic heterocycles.